The number of amides is 3. The quantitative estimate of drug-likeness (QED) is 0.820. The van der Waals surface area contributed by atoms with E-state index < -0.39 is 11.6 Å². The van der Waals surface area contributed by atoms with Gasteiger partial charge >= 0.3 is 12.0 Å². The van der Waals surface area contributed by atoms with Gasteiger partial charge in [0.15, 0.2) is 0 Å². The zero-order valence-corrected chi connectivity index (χ0v) is 16.4. The van der Waals surface area contributed by atoms with Crippen LogP contribution in [0.25, 0.3) is 0 Å². The third kappa shape index (κ3) is 3.51. The highest BCUT2D eigenvalue weighted by molar-refractivity contribution is 6.22. The Morgan fingerprint density at radius 1 is 1.18 bits per heavy atom. The molecule has 1 fully saturated rings. The molecule has 1 N–H and O–H groups in total. The molecule has 3 rings (SSSR count). The lowest BCUT2D eigenvalue weighted by Crippen LogP contribution is -2.40. The molecule has 0 saturated carbocycles. The fourth-order valence-electron chi connectivity index (χ4n) is 2.83. The zero-order valence-electron chi connectivity index (χ0n) is 16.4. The number of hydrogen-bond acceptors (Lipinski definition) is 6. The molecule has 8 nitrogen and oxygen atoms in total. The molecular weight excluding hydrogens is 358 g/mol. The number of nitrogens with zero attached hydrogens (tertiary/aromatic N) is 4. The molecule has 2 aromatic rings. The van der Waals surface area contributed by atoms with Crippen LogP contribution in [0.4, 0.5) is 10.5 Å². The van der Waals surface area contributed by atoms with Crippen molar-refractivity contribution in [3.8, 4) is 17.8 Å². The van der Waals surface area contributed by atoms with Crippen molar-refractivity contribution in [2.45, 2.75) is 45.6 Å². The summed E-state index contributed by atoms with van der Waals surface area (Å²) in [5.41, 5.74) is 0.408. The number of urea groups is 1. The zero-order chi connectivity index (χ0) is 20.7. The van der Waals surface area contributed by atoms with Crippen LogP contribution in [0.1, 0.15) is 45.7 Å². The van der Waals surface area contributed by atoms with Crippen LogP contribution in [-0.4, -0.2) is 27.4 Å². The number of anilines is 1. The number of benzene rings is 1. The first-order valence-electron chi connectivity index (χ1n) is 8.74. The van der Waals surface area contributed by atoms with E-state index in [2.05, 4.69) is 21.4 Å². The molecule has 0 unspecified atom stereocenters. The minimum atomic E-state index is -0.976. The molecule has 0 atom stereocenters. The number of ether oxygens (including phenoxy) is 1. The summed E-state index contributed by atoms with van der Waals surface area (Å²) in [6.07, 6.45) is 2.73. The topological polar surface area (TPSA) is 108 Å². The second-order valence-electron chi connectivity index (χ2n) is 8.09. The number of aromatic nitrogens is 2. The first-order chi connectivity index (χ1) is 13.0. The molecule has 1 aromatic carbocycles. The van der Waals surface area contributed by atoms with Gasteiger partial charge in [-0.15, -0.1) is 0 Å². The highest BCUT2D eigenvalue weighted by Gasteiger charge is 2.45. The van der Waals surface area contributed by atoms with Crippen LogP contribution < -0.4 is 15.0 Å². The van der Waals surface area contributed by atoms with Gasteiger partial charge in [0, 0.05) is 5.56 Å². The van der Waals surface area contributed by atoms with Crippen LogP contribution in [0.15, 0.2) is 30.6 Å². The van der Waals surface area contributed by atoms with Gasteiger partial charge < -0.3 is 10.1 Å². The molecule has 28 heavy (non-hydrogen) atoms. The fourth-order valence-corrected chi connectivity index (χ4v) is 2.83. The number of imide groups is 1. The minimum Gasteiger partial charge on any atom is -0.424 e. The Kier molecular flexibility index (Phi) is 4.55. The van der Waals surface area contributed by atoms with E-state index in [1.807, 2.05) is 20.8 Å². The van der Waals surface area contributed by atoms with Gasteiger partial charge in [0.2, 0.25) is 0 Å². The number of nitriles is 1. The van der Waals surface area contributed by atoms with Crippen molar-refractivity contribution in [1.29, 1.82) is 5.26 Å². The van der Waals surface area contributed by atoms with Crippen LogP contribution in [0.3, 0.4) is 0 Å². The van der Waals surface area contributed by atoms with Gasteiger partial charge in [-0.05, 0) is 37.5 Å². The van der Waals surface area contributed by atoms with E-state index in [4.69, 9.17) is 10.00 Å². The van der Waals surface area contributed by atoms with Crippen molar-refractivity contribution in [2.24, 2.45) is 0 Å². The van der Waals surface area contributed by atoms with E-state index in [-0.39, 0.29) is 23.0 Å². The summed E-state index contributed by atoms with van der Waals surface area (Å²) in [7, 11) is 0. The summed E-state index contributed by atoms with van der Waals surface area (Å²) < 4.78 is 5.81. The van der Waals surface area contributed by atoms with Crippen LogP contribution in [0.2, 0.25) is 0 Å². The second-order valence-corrected chi connectivity index (χ2v) is 8.09. The average molecular weight is 379 g/mol. The number of nitrogens with one attached hydrogen (secondary N) is 1. The third-order valence-corrected chi connectivity index (χ3v) is 4.35. The maximum Gasteiger partial charge on any atom is 0.329 e. The molecule has 1 aromatic heterocycles. The summed E-state index contributed by atoms with van der Waals surface area (Å²) >= 11 is 0. The molecule has 1 aliphatic heterocycles. The Bertz CT molecular complexity index is 984. The normalized spacial score (nSPS) is 15.9. The summed E-state index contributed by atoms with van der Waals surface area (Å²) in [5.74, 6) is 0.159. The average Bonchev–Trinajstić information content (AvgIpc) is 2.82. The molecular formula is C20H21N5O3. The Morgan fingerprint density at radius 3 is 2.32 bits per heavy atom. The van der Waals surface area contributed by atoms with Crippen LogP contribution in [0, 0.1) is 11.3 Å². The van der Waals surface area contributed by atoms with Crippen molar-refractivity contribution in [3.63, 3.8) is 0 Å². The smallest absolute Gasteiger partial charge is 0.329 e. The first-order valence-corrected chi connectivity index (χ1v) is 8.74. The lowest BCUT2D eigenvalue weighted by Gasteiger charge is -2.22. The molecule has 2 heterocycles. The van der Waals surface area contributed by atoms with Crippen molar-refractivity contribution >= 4 is 17.6 Å². The minimum absolute atomic E-state index is 0.0743. The number of carbonyl (C=O) groups excluding carboxylic acids is 2. The highest BCUT2D eigenvalue weighted by atomic mass is 16.5. The number of hydrogen-bond donors (Lipinski definition) is 1. The Labute approximate surface area is 163 Å². The molecule has 3 amide bonds. The third-order valence-electron chi connectivity index (χ3n) is 4.35. The summed E-state index contributed by atoms with van der Waals surface area (Å²) in [6, 6.07) is 6.82. The lowest BCUT2D eigenvalue weighted by molar-refractivity contribution is -0.121. The van der Waals surface area contributed by atoms with Gasteiger partial charge in [0.05, 0.1) is 29.7 Å². The molecule has 1 aliphatic rings. The number of carbonyl (C=O) groups is 2. The monoisotopic (exact) mass is 379 g/mol. The fraction of sp³-hybridized carbons (Fsp3) is 0.350. The summed E-state index contributed by atoms with van der Waals surface area (Å²) in [5, 5.41) is 11.7. The van der Waals surface area contributed by atoms with Crippen molar-refractivity contribution < 1.29 is 14.3 Å². The van der Waals surface area contributed by atoms with Crippen molar-refractivity contribution in [2.75, 3.05) is 4.90 Å². The highest BCUT2D eigenvalue weighted by Crippen LogP contribution is 2.34. The SMILES string of the molecule is CC1(C)NC(=O)N(c2cnc(Oc3ccc(C#N)cc3C(C)(C)C)nc2)C1=O. The largest absolute Gasteiger partial charge is 0.424 e. The molecule has 0 aliphatic carbocycles. The van der Waals surface area contributed by atoms with Gasteiger partial charge in [0.1, 0.15) is 11.3 Å². The number of rotatable bonds is 3. The van der Waals surface area contributed by atoms with E-state index in [1.54, 1.807) is 32.0 Å². The molecule has 0 bridgehead atoms. The maximum absolute atomic E-state index is 12.4. The van der Waals surface area contributed by atoms with Gasteiger partial charge in [-0.2, -0.15) is 5.26 Å². The summed E-state index contributed by atoms with van der Waals surface area (Å²) in [4.78, 5) is 33.7. The predicted molar refractivity (Wildman–Crippen MR) is 102 cm³/mol. The van der Waals surface area contributed by atoms with Gasteiger partial charge in [-0.3, -0.25) is 4.79 Å². The standard InChI is InChI=1S/C20H21N5O3/c1-19(2,3)14-8-12(9-21)6-7-15(14)28-17-22-10-13(11-23-17)25-16(26)20(4,5)24-18(25)27/h6-8,10-11H,1-5H3,(H,24,27). The Balaban J connectivity index is 1.88. The van der Waals surface area contributed by atoms with Gasteiger partial charge in [-0.1, -0.05) is 20.8 Å². The van der Waals surface area contributed by atoms with E-state index in [0.717, 1.165) is 10.5 Å². The van der Waals surface area contributed by atoms with Gasteiger partial charge in [0.25, 0.3) is 5.91 Å². The molecule has 0 spiro atoms. The van der Waals surface area contributed by atoms with Crippen LogP contribution in [-0.2, 0) is 10.2 Å². The second kappa shape index (κ2) is 6.60. The van der Waals surface area contributed by atoms with Gasteiger partial charge in [-0.25, -0.2) is 19.7 Å². The maximum atomic E-state index is 12.4. The van der Waals surface area contributed by atoms with Crippen LogP contribution >= 0.6 is 0 Å². The molecule has 0 radical (unpaired) electrons. The molecule has 144 valence electrons. The first kappa shape index (κ1) is 19.3. The lowest BCUT2D eigenvalue weighted by atomic mass is 9.85. The van der Waals surface area contributed by atoms with Crippen molar-refractivity contribution in [3.05, 3.63) is 41.7 Å². The Morgan fingerprint density at radius 2 is 1.82 bits per heavy atom. The van der Waals surface area contributed by atoms with Crippen LogP contribution in [0.5, 0.6) is 11.8 Å². The molecule has 8 heteroatoms. The summed E-state index contributed by atoms with van der Waals surface area (Å²) in [6.45, 7) is 9.30. The molecule has 1 saturated heterocycles. The van der Waals surface area contributed by atoms with E-state index in [0.29, 0.717) is 11.3 Å². The van der Waals surface area contributed by atoms with Crippen molar-refractivity contribution in [1.82, 2.24) is 15.3 Å². The predicted octanol–water partition coefficient (Wildman–Crippen LogP) is 3.27. The van der Waals surface area contributed by atoms with E-state index >= 15 is 0 Å². The Hall–Kier alpha value is -3.47. The van der Waals surface area contributed by atoms with E-state index in [9.17, 15) is 9.59 Å². The van der Waals surface area contributed by atoms with E-state index in [1.165, 1.54) is 12.4 Å².